The third kappa shape index (κ3) is 13.3. The van der Waals surface area contributed by atoms with Gasteiger partial charge in [-0.25, -0.2) is 0 Å². The van der Waals surface area contributed by atoms with Crippen LogP contribution >= 0.6 is 11.6 Å². The number of nitro groups is 1. The summed E-state index contributed by atoms with van der Waals surface area (Å²) in [7, 11) is 0. The Bertz CT molecular complexity index is 920. The van der Waals surface area contributed by atoms with Gasteiger partial charge in [-0.3, -0.25) is 25.5 Å². The van der Waals surface area contributed by atoms with Gasteiger partial charge in [0.05, 0.1) is 17.2 Å². The average molecular weight is 486 g/mol. The van der Waals surface area contributed by atoms with E-state index in [4.69, 9.17) is 17.0 Å². The summed E-state index contributed by atoms with van der Waals surface area (Å²) in [6.45, 7) is 9.97. The lowest BCUT2D eigenvalue weighted by atomic mass is 10.1. The molecule has 0 saturated heterocycles. The second kappa shape index (κ2) is 19.2. The van der Waals surface area contributed by atoms with Gasteiger partial charge in [0.25, 0.3) is 5.70 Å². The van der Waals surface area contributed by atoms with Gasteiger partial charge in [-0.15, -0.1) is 11.6 Å². The highest BCUT2D eigenvalue weighted by Gasteiger charge is 2.16. The fourth-order valence-electron chi connectivity index (χ4n) is 2.62. The fourth-order valence-corrected chi connectivity index (χ4v) is 2.79. The first kappa shape index (κ1) is 30.7. The summed E-state index contributed by atoms with van der Waals surface area (Å²) in [6, 6.07) is 3.71. The molecule has 0 unspecified atom stereocenters. The Balaban J connectivity index is 0.000000916. The van der Waals surface area contributed by atoms with Gasteiger partial charge in [0.15, 0.2) is 0 Å². The molecule has 0 radical (unpaired) electrons. The number of aromatic nitrogens is 1. The summed E-state index contributed by atoms with van der Waals surface area (Å²) in [4.78, 5) is 14.8. The lowest BCUT2D eigenvalue weighted by Gasteiger charge is -2.15. The summed E-state index contributed by atoms with van der Waals surface area (Å²) in [5.41, 5.74) is 3.10. The van der Waals surface area contributed by atoms with Crippen LogP contribution in [0, 0.1) is 15.5 Å². The molecule has 7 nitrogen and oxygen atoms in total. The summed E-state index contributed by atoms with van der Waals surface area (Å²) >= 11 is 5.21. The molecule has 2 rings (SSSR count). The number of hydrogen-bond donors (Lipinski definition) is 1. The largest absolute Gasteiger partial charge is 0.290 e. The van der Waals surface area contributed by atoms with E-state index in [1.807, 2.05) is 51.1 Å². The first-order valence-electron chi connectivity index (χ1n) is 11.1. The third-order valence-corrected chi connectivity index (χ3v) is 4.54. The van der Waals surface area contributed by atoms with Gasteiger partial charge in [0.1, 0.15) is 6.34 Å². The van der Waals surface area contributed by atoms with Crippen molar-refractivity contribution in [3.63, 3.8) is 0 Å². The van der Waals surface area contributed by atoms with E-state index in [2.05, 4.69) is 29.2 Å². The molecule has 34 heavy (non-hydrogen) atoms. The highest BCUT2D eigenvalue weighted by Crippen LogP contribution is 2.19. The molecule has 8 heteroatoms. The van der Waals surface area contributed by atoms with Crippen LogP contribution < -0.4 is 0 Å². The van der Waals surface area contributed by atoms with Crippen LogP contribution in [-0.2, 0) is 0 Å². The Kier molecular flexibility index (Phi) is 17.3. The van der Waals surface area contributed by atoms with Crippen LogP contribution in [-0.4, -0.2) is 39.4 Å². The molecule has 0 spiro atoms. The van der Waals surface area contributed by atoms with E-state index < -0.39 is 0 Å². The molecule has 0 saturated carbocycles. The number of hydrazone groups is 1. The number of hydrogen-bond acceptors (Lipinski definition) is 5. The van der Waals surface area contributed by atoms with Crippen molar-refractivity contribution in [2.24, 2.45) is 5.10 Å². The number of nitrogens with one attached hydrogen (secondary N) is 1. The molecule has 0 fully saturated rings. The van der Waals surface area contributed by atoms with Crippen molar-refractivity contribution >= 4 is 23.7 Å². The molecule has 0 bridgehead atoms. The lowest BCUT2D eigenvalue weighted by molar-refractivity contribution is -0.420. The van der Waals surface area contributed by atoms with Crippen molar-refractivity contribution in [3.8, 4) is 0 Å². The smallest absolute Gasteiger partial charge is 0.272 e. The molecule has 1 N–H and O–H groups in total. The quantitative estimate of drug-likeness (QED) is 0.108. The van der Waals surface area contributed by atoms with E-state index in [9.17, 15) is 10.1 Å². The van der Waals surface area contributed by atoms with Crippen LogP contribution in [0.2, 0.25) is 0 Å². The van der Waals surface area contributed by atoms with Crippen LogP contribution in [0.4, 0.5) is 0 Å². The zero-order chi connectivity index (χ0) is 25.8. The monoisotopic (exact) mass is 485 g/mol. The minimum atomic E-state index is -0.385. The molecule has 1 aromatic rings. The van der Waals surface area contributed by atoms with Crippen molar-refractivity contribution in [1.82, 2.24) is 9.99 Å². The highest BCUT2D eigenvalue weighted by atomic mass is 35.5. The molecule has 0 aromatic carbocycles. The van der Waals surface area contributed by atoms with E-state index in [0.29, 0.717) is 24.4 Å². The van der Waals surface area contributed by atoms with E-state index in [-0.39, 0.29) is 10.6 Å². The van der Waals surface area contributed by atoms with E-state index >= 15 is 0 Å². The molecule has 0 atom stereocenters. The molecule has 184 valence electrons. The van der Waals surface area contributed by atoms with Crippen molar-refractivity contribution < 1.29 is 4.92 Å². The molecular weight excluding hydrogens is 450 g/mol. The SMILES string of the molecule is C/C=C/CC.C/C=C\CCl.CC1=C([N+](=O)[O-])C=C(CN(C=N)/N=C(\C)c2cccnc2)CC=C1. The topological polar surface area (TPSA) is 95.5 Å². The van der Waals surface area contributed by atoms with E-state index in [1.54, 1.807) is 31.5 Å². The summed E-state index contributed by atoms with van der Waals surface area (Å²) in [6.07, 6.45) is 19.4. The number of nitrogens with zero attached hydrogens (tertiary/aromatic N) is 4. The van der Waals surface area contributed by atoms with Crippen LogP contribution in [0.1, 0.15) is 53.0 Å². The summed E-state index contributed by atoms with van der Waals surface area (Å²) in [5.74, 6) is 0.635. The molecule has 1 aliphatic rings. The Labute approximate surface area is 208 Å². The van der Waals surface area contributed by atoms with E-state index in [1.165, 1.54) is 5.01 Å². The van der Waals surface area contributed by atoms with Crippen LogP contribution in [0.25, 0.3) is 0 Å². The first-order chi connectivity index (χ1) is 16.3. The van der Waals surface area contributed by atoms with E-state index in [0.717, 1.165) is 29.6 Å². The second-order valence-corrected chi connectivity index (χ2v) is 7.40. The zero-order valence-electron chi connectivity index (χ0n) is 20.7. The Hall–Kier alpha value is -3.32. The predicted molar refractivity (Wildman–Crippen MR) is 144 cm³/mol. The number of pyridine rings is 1. The fraction of sp³-hybridized carbons (Fsp3) is 0.346. The molecule has 1 aromatic heterocycles. The molecule has 1 heterocycles. The standard InChI is InChI=1S/C17H19N5O2.C5H10.C4H7Cl/c1-13-5-3-6-15(9-17(13)22(23)24)11-21(12-18)20-14(2)16-7-4-8-19-10-16;1-3-5-4-2;1-2-3-4-5/h3-5,7-10,12,18H,6,11H2,1-2H3;3,5H,4H2,1-2H3;2-3H,4H2,1H3/b18-12?,20-14+;5-3+;3-2-. The minimum absolute atomic E-state index is 0.0802. The maximum atomic E-state index is 11.2. The van der Waals surface area contributed by atoms with Crippen molar-refractivity contribution in [2.75, 3.05) is 12.4 Å². The summed E-state index contributed by atoms with van der Waals surface area (Å²) in [5, 5.41) is 24.6. The van der Waals surface area contributed by atoms with Crippen molar-refractivity contribution in [3.05, 3.63) is 99.6 Å². The molecular formula is C26H36ClN5O2. The maximum Gasteiger partial charge on any atom is 0.272 e. The summed E-state index contributed by atoms with van der Waals surface area (Å²) < 4.78 is 0. The Morgan fingerprint density at radius 3 is 2.50 bits per heavy atom. The number of halogens is 1. The number of alkyl halides is 1. The lowest BCUT2D eigenvalue weighted by Crippen LogP contribution is -2.20. The first-order valence-corrected chi connectivity index (χ1v) is 11.6. The highest BCUT2D eigenvalue weighted by molar-refractivity contribution is 6.18. The van der Waals surface area contributed by atoms with Gasteiger partial charge in [0.2, 0.25) is 0 Å². The van der Waals surface area contributed by atoms with Crippen molar-refractivity contribution in [2.45, 2.75) is 47.5 Å². The molecule has 0 amide bonds. The van der Waals surface area contributed by atoms with Crippen LogP contribution in [0.5, 0.6) is 0 Å². The zero-order valence-corrected chi connectivity index (χ0v) is 21.5. The van der Waals surface area contributed by atoms with Crippen LogP contribution in [0.3, 0.4) is 0 Å². The van der Waals surface area contributed by atoms with Gasteiger partial charge >= 0.3 is 0 Å². The number of allylic oxidation sites excluding steroid dienone is 8. The predicted octanol–water partition coefficient (Wildman–Crippen LogP) is 6.93. The van der Waals surface area contributed by atoms with Gasteiger partial charge in [0, 0.05) is 35.5 Å². The Morgan fingerprint density at radius 2 is 2.06 bits per heavy atom. The Morgan fingerprint density at radius 1 is 1.35 bits per heavy atom. The molecule has 1 aliphatic carbocycles. The van der Waals surface area contributed by atoms with Gasteiger partial charge in [-0.2, -0.15) is 5.10 Å². The normalized spacial score (nSPS) is 13.5. The number of rotatable bonds is 8. The second-order valence-electron chi connectivity index (χ2n) is 7.09. The van der Waals surface area contributed by atoms with Gasteiger partial charge < -0.3 is 0 Å². The third-order valence-electron chi connectivity index (χ3n) is 4.36. The minimum Gasteiger partial charge on any atom is -0.290 e. The maximum absolute atomic E-state index is 11.2. The average Bonchev–Trinajstić information content (AvgIpc) is 3.02. The van der Waals surface area contributed by atoms with Crippen molar-refractivity contribution in [1.29, 1.82) is 5.41 Å². The van der Waals surface area contributed by atoms with Crippen LogP contribution in [0.15, 0.2) is 89.0 Å². The van der Waals surface area contributed by atoms with Gasteiger partial charge in [-0.05, 0) is 52.2 Å². The van der Waals surface area contributed by atoms with Gasteiger partial charge in [-0.1, -0.05) is 49.4 Å². The molecule has 0 aliphatic heterocycles.